The topological polar surface area (TPSA) is 117 Å². The predicted octanol–water partition coefficient (Wildman–Crippen LogP) is 5.54. The third kappa shape index (κ3) is 5.00. The zero-order chi connectivity index (χ0) is 25.3. The summed E-state index contributed by atoms with van der Waals surface area (Å²) in [5.74, 6) is 0.448. The molecule has 5 rings (SSSR count). The van der Waals surface area contributed by atoms with Crippen molar-refractivity contribution in [3.8, 4) is 17.2 Å². The summed E-state index contributed by atoms with van der Waals surface area (Å²) in [6, 6.07) is 18.4. The maximum Gasteiger partial charge on any atom is 0.323 e. The van der Waals surface area contributed by atoms with Gasteiger partial charge in [-0.25, -0.2) is 13.2 Å². The molecule has 3 atom stereocenters. The minimum atomic E-state index is -3.92. The molecular weight excluding hydrogens is 502 g/mol. The summed E-state index contributed by atoms with van der Waals surface area (Å²) in [7, 11) is -3.92. The van der Waals surface area contributed by atoms with E-state index in [1.165, 1.54) is 12.1 Å². The molecule has 0 radical (unpaired) electrons. The molecule has 0 aromatic heterocycles. The molecule has 2 aliphatic heterocycles. The van der Waals surface area contributed by atoms with E-state index in [1.807, 2.05) is 18.2 Å². The van der Waals surface area contributed by atoms with Gasteiger partial charge in [-0.3, -0.25) is 0 Å². The first-order chi connectivity index (χ1) is 17.3. The second-order valence-electron chi connectivity index (χ2n) is 9.04. The Labute approximate surface area is 214 Å². The van der Waals surface area contributed by atoms with Crippen LogP contribution in [-0.2, 0) is 9.84 Å². The number of carbonyl (C=O) groups is 1. The first-order valence-electron chi connectivity index (χ1n) is 11.7. The Morgan fingerprint density at radius 2 is 1.56 bits per heavy atom. The van der Waals surface area contributed by atoms with E-state index in [0.717, 1.165) is 12.8 Å². The normalized spacial score (nSPS) is 21.1. The van der Waals surface area contributed by atoms with Crippen molar-refractivity contribution in [2.24, 2.45) is 0 Å². The largest absolute Gasteiger partial charge is 0.504 e. The number of amides is 2. The molecule has 3 aromatic carbocycles. The molecule has 2 aliphatic rings. The highest BCUT2D eigenvalue weighted by Crippen LogP contribution is 2.42. The van der Waals surface area contributed by atoms with E-state index in [0.29, 0.717) is 30.0 Å². The van der Waals surface area contributed by atoms with Crippen LogP contribution in [0.25, 0.3) is 0 Å². The number of anilines is 2. The van der Waals surface area contributed by atoms with Crippen molar-refractivity contribution in [3.05, 3.63) is 71.8 Å². The molecule has 3 aromatic rings. The van der Waals surface area contributed by atoms with Gasteiger partial charge in [0.05, 0.1) is 21.6 Å². The van der Waals surface area contributed by atoms with Gasteiger partial charge in [-0.1, -0.05) is 41.9 Å². The number of para-hydroxylation sites is 3. The van der Waals surface area contributed by atoms with Crippen LogP contribution in [0.1, 0.15) is 25.7 Å². The number of hydrogen-bond donors (Lipinski definition) is 4. The molecule has 4 N–H and O–H groups in total. The number of phenols is 1. The number of sulfone groups is 1. The van der Waals surface area contributed by atoms with Gasteiger partial charge < -0.3 is 25.8 Å². The van der Waals surface area contributed by atoms with Gasteiger partial charge in [0, 0.05) is 12.1 Å². The van der Waals surface area contributed by atoms with Crippen molar-refractivity contribution in [1.29, 1.82) is 0 Å². The van der Waals surface area contributed by atoms with Crippen LogP contribution in [0.4, 0.5) is 16.2 Å². The molecule has 0 aliphatic carbocycles. The first-order valence-corrected chi connectivity index (χ1v) is 13.6. The second kappa shape index (κ2) is 10.0. The first kappa shape index (κ1) is 24.4. The van der Waals surface area contributed by atoms with Gasteiger partial charge in [-0.2, -0.15) is 0 Å². The van der Waals surface area contributed by atoms with Crippen LogP contribution in [0.15, 0.2) is 71.6 Å². The maximum atomic E-state index is 13.5. The van der Waals surface area contributed by atoms with E-state index >= 15 is 0 Å². The predicted molar refractivity (Wildman–Crippen MR) is 139 cm³/mol. The number of phenolic OH excluding ortho intramolecular Hbond substituents is 1. The molecule has 10 heteroatoms. The van der Waals surface area contributed by atoms with Gasteiger partial charge in [-0.05, 0) is 62.1 Å². The quantitative estimate of drug-likeness (QED) is 0.313. The Morgan fingerprint density at radius 1 is 0.917 bits per heavy atom. The van der Waals surface area contributed by atoms with Crippen molar-refractivity contribution in [3.63, 3.8) is 0 Å². The molecule has 2 amide bonds. The van der Waals surface area contributed by atoms with Gasteiger partial charge in [0.1, 0.15) is 10.6 Å². The standard InChI is InChI=1S/C26H26ClN3O5S/c27-20-12-13-22(24(31)25(20)36(33,34)19-14-16-10-11-17(15-19)28-16)30-26(32)29-21-8-4-5-9-23(21)35-18-6-2-1-3-7-18/h1-9,12-13,16-17,19,28,31H,10-11,14-15H2,(H2,29,30,32)/t16-,17+,19-. The number of piperidine rings is 1. The zero-order valence-corrected chi connectivity index (χ0v) is 20.9. The highest BCUT2D eigenvalue weighted by Gasteiger charge is 2.42. The average molecular weight is 528 g/mol. The van der Waals surface area contributed by atoms with Crippen molar-refractivity contribution < 1.29 is 23.1 Å². The molecule has 2 fully saturated rings. The fourth-order valence-corrected chi connectivity index (χ4v) is 7.39. The Kier molecular flexibility index (Phi) is 6.79. The zero-order valence-electron chi connectivity index (χ0n) is 19.3. The van der Waals surface area contributed by atoms with Crippen molar-refractivity contribution in [1.82, 2.24) is 5.32 Å². The van der Waals surface area contributed by atoms with E-state index in [2.05, 4.69) is 16.0 Å². The van der Waals surface area contributed by atoms with Crippen molar-refractivity contribution in [2.45, 2.75) is 47.9 Å². The lowest BCUT2D eigenvalue weighted by Gasteiger charge is -2.29. The van der Waals surface area contributed by atoms with E-state index in [4.69, 9.17) is 16.3 Å². The number of urea groups is 1. The summed E-state index contributed by atoms with van der Waals surface area (Å²) < 4.78 is 32.8. The number of carbonyl (C=O) groups excluding carboxylic acids is 1. The van der Waals surface area contributed by atoms with Gasteiger partial charge in [0.15, 0.2) is 21.3 Å². The number of hydrogen-bond acceptors (Lipinski definition) is 6. The van der Waals surface area contributed by atoms with Gasteiger partial charge in [-0.15, -0.1) is 0 Å². The summed E-state index contributed by atoms with van der Waals surface area (Å²) >= 11 is 6.26. The SMILES string of the molecule is O=C(Nc1ccccc1Oc1ccccc1)Nc1ccc(Cl)c(S(=O)(=O)[C@@H]2C[C@H]3CC[C@@H](C2)N3)c1O. The third-order valence-corrected chi connectivity index (χ3v) is 9.26. The van der Waals surface area contributed by atoms with Crippen LogP contribution >= 0.6 is 11.6 Å². The minimum Gasteiger partial charge on any atom is -0.504 e. The van der Waals surface area contributed by atoms with E-state index in [9.17, 15) is 18.3 Å². The number of nitrogens with one attached hydrogen (secondary N) is 3. The molecule has 0 unspecified atom stereocenters. The summed E-state index contributed by atoms with van der Waals surface area (Å²) in [4.78, 5) is 12.5. The summed E-state index contributed by atoms with van der Waals surface area (Å²) in [5.41, 5.74) is 0.333. The van der Waals surface area contributed by atoms with Gasteiger partial charge in [0.2, 0.25) is 0 Å². The summed E-state index contributed by atoms with van der Waals surface area (Å²) in [6.07, 6.45) is 2.80. The van der Waals surface area contributed by atoms with Crippen LogP contribution in [0, 0.1) is 0 Å². The highest BCUT2D eigenvalue weighted by molar-refractivity contribution is 7.92. The Hall–Kier alpha value is -3.27. The lowest BCUT2D eigenvalue weighted by Crippen LogP contribution is -2.43. The molecule has 0 spiro atoms. The number of ether oxygens (including phenoxy) is 1. The molecule has 2 heterocycles. The fourth-order valence-electron chi connectivity index (χ4n) is 4.89. The fraction of sp³-hybridized carbons (Fsp3) is 0.269. The van der Waals surface area contributed by atoms with Crippen LogP contribution in [0.5, 0.6) is 17.2 Å². The molecular formula is C26H26ClN3O5S. The molecule has 8 nitrogen and oxygen atoms in total. The monoisotopic (exact) mass is 527 g/mol. The third-order valence-electron chi connectivity index (χ3n) is 6.59. The number of fused-ring (bicyclic) bond motifs is 2. The van der Waals surface area contributed by atoms with Gasteiger partial charge >= 0.3 is 6.03 Å². The lowest BCUT2D eigenvalue weighted by molar-refractivity contribution is 0.262. The van der Waals surface area contributed by atoms with Crippen LogP contribution in [0.3, 0.4) is 0 Å². The number of benzene rings is 3. The van der Waals surface area contributed by atoms with Crippen LogP contribution in [0.2, 0.25) is 5.02 Å². The average Bonchev–Trinajstić information content (AvgIpc) is 3.19. The number of aromatic hydroxyl groups is 1. The summed E-state index contributed by atoms with van der Waals surface area (Å²) in [6.45, 7) is 0. The number of rotatable bonds is 6. The molecule has 36 heavy (non-hydrogen) atoms. The van der Waals surface area contributed by atoms with Crippen LogP contribution < -0.4 is 20.7 Å². The van der Waals surface area contributed by atoms with Crippen molar-refractivity contribution in [2.75, 3.05) is 10.6 Å². The molecule has 188 valence electrons. The highest BCUT2D eigenvalue weighted by atomic mass is 35.5. The maximum absolute atomic E-state index is 13.5. The second-order valence-corrected chi connectivity index (χ2v) is 11.6. The van der Waals surface area contributed by atoms with Gasteiger partial charge in [0.25, 0.3) is 0 Å². The minimum absolute atomic E-state index is 0.0613. The van der Waals surface area contributed by atoms with E-state index in [1.54, 1.807) is 36.4 Å². The lowest BCUT2D eigenvalue weighted by atomic mass is 10.1. The summed E-state index contributed by atoms with van der Waals surface area (Å²) in [5, 5.41) is 18.8. The Balaban J connectivity index is 1.35. The van der Waals surface area contributed by atoms with E-state index in [-0.39, 0.29) is 27.7 Å². The van der Waals surface area contributed by atoms with Crippen molar-refractivity contribution >= 4 is 38.8 Å². The smallest absolute Gasteiger partial charge is 0.323 e. The van der Waals surface area contributed by atoms with Crippen LogP contribution in [-0.4, -0.2) is 36.9 Å². The Bertz CT molecular complexity index is 1370. The molecule has 2 saturated heterocycles. The Morgan fingerprint density at radius 3 is 2.28 bits per heavy atom. The molecule has 2 bridgehead atoms. The molecule has 0 saturated carbocycles. The van der Waals surface area contributed by atoms with E-state index < -0.39 is 26.9 Å². The number of halogens is 1.